The molecule has 11 heteroatoms. The van der Waals surface area contributed by atoms with E-state index in [1.54, 1.807) is 13.0 Å². The van der Waals surface area contributed by atoms with Crippen LogP contribution in [0.15, 0.2) is 21.8 Å². The SMILES string of the molecule is CSc1cc(C)[nH]c(=O)c1CNC(=O)c1cc(Cl)c2c(c1C)OC(C)(C1CCC(NCC3CC(F)(F)C3)CC1)O2. The zero-order valence-electron chi connectivity index (χ0n) is 23.2. The molecular formula is C29H36ClF2N3O4S. The van der Waals surface area contributed by atoms with E-state index in [2.05, 4.69) is 15.6 Å². The second-order valence-corrected chi connectivity index (χ2v) is 12.8. The number of alkyl halides is 2. The zero-order valence-corrected chi connectivity index (χ0v) is 24.8. The fourth-order valence-electron chi connectivity index (χ4n) is 6.13. The summed E-state index contributed by atoms with van der Waals surface area (Å²) in [6, 6.07) is 3.77. The third-order valence-electron chi connectivity index (χ3n) is 8.51. The number of nitrogens with one attached hydrogen (secondary N) is 3. The van der Waals surface area contributed by atoms with Crippen molar-refractivity contribution in [3.63, 3.8) is 0 Å². The number of carbonyl (C=O) groups is 1. The fourth-order valence-corrected chi connectivity index (χ4v) is 7.07. The standard InChI is InChI=1S/C29H36ClF2N3O4S/c1-15-9-23(40-4)21(27(37)35-15)14-34-26(36)20-10-22(30)25-24(16(20)2)38-28(3,39-25)18-5-7-19(8-6-18)33-13-17-11-29(31,32)12-17/h9-10,17-19,33H,5-8,11-14H2,1-4H3,(H,34,36)(H,35,37). The van der Waals surface area contributed by atoms with E-state index in [0.29, 0.717) is 45.8 Å². The molecule has 5 rings (SSSR count). The molecule has 0 saturated heterocycles. The van der Waals surface area contributed by atoms with E-state index in [0.717, 1.165) is 36.3 Å². The van der Waals surface area contributed by atoms with Gasteiger partial charge in [0.15, 0.2) is 11.5 Å². The summed E-state index contributed by atoms with van der Waals surface area (Å²) in [4.78, 5) is 29.3. The summed E-state index contributed by atoms with van der Waals surface area (Å²) in [5, 5.41) is 6.62. The third-order valence-corrected chi connectivity index (χ3v) is 9.59. The third kappa shape index (κ3) is 5.85. The van der Waals surface area contributed by atoms with Crippen LogP contribution in [0, 0.1) is 25.7 Å². The second kappa shape index (κ2) is 11.2. The summed E-state index contributed by atoms with van der Waals surface area (Å²) in [5.74, 6) is -2.70. The topological polar surface area (TPSA) is 92.5 Å². The molecule has 0 spiro atoms. The molecule has 1 aromatic heterocycles. The fraction of sp³-hybridized carbons (Fsp3) is 0.586. The molecule has 0 radical (unpaired) electrons. The van der Waals surface area contributed by atoms with Crippen LogP contribution in [0.5, 0.6) is 11.5 Å². The lowest BCUT2D eigenvalue weighted by Crippen LogP contribution is -2.48. The molecule has 0 bridgehead atoms. The number of aromatic nitrogens is 1. The van der Waals surface area contributed by atoms with Crippen LogP contribution in [0.4, 0.5) is 8.78 Å². The van der Waals surface area contributed by atoms with Crippen molar-refractivity contribution in [2.75, 3.05) is 12.8 Å². The monoisotopic (exact) mass is 595 g/mol. The first-order chi connectivity index (χ1) is 18.9. The minimum atomic E-state index is -2.48. The Morgan fingerprint density at radius 1 is 1.15 bits per heavy atom. The van der Waals surface area contributed by atoms with Crippen LogP contribution in [0.3, 0.4) is 0 Å². The summed E-state index contributed by atoms with van der Waals surface area (Å²) < 4.78 is 39.0. The number of rotatable bonds is 8. The highest BCUT2D eigenvalue weighted by Crippen LogP contribution is 2.51. The molecule has 3 N–H and O–H groups in total. The number of aryl methyl sites for hydroxylation is 1. The first kappa shape index (κ1) is 29.2. The molecule has 40 heavy (non-hydrogen) atoms. The van der Waals surface area contributed by atoms with Gasteiger partial charge in [0.2, 0.25) is 5.92 Å². The maximum absolute atomic E-state index is 13.2. The number of fused-ring (bicyclic) bond motifs is 1. The molecule has 1 unspecified atom stereocenters. The molecule has 2 heterocycles. The van der Waals surface area contributed by atoms with E-state index >= 15 is 0 Å². The molecule has 2 aromatic rings. The van der Waals surface area contributed by atoms with E-state index < -0.39 is 11.7 Å². The number of amides is 1. The van der Waals surface area contributed by atoms with Crippen molar-refractivity contribution in [3.8, 4) is 11.5 Å². The molecule has 7 nitrogen and oxygen atoms in total. The van der Waals surface area contributed by atoms with Gasteiger partial charge in [-0.15, -0.1) is 11.8 Å². The highest BCUT2D eigenvalue weighted by molar-refractivity contribution is 7.98. The van der Waals surface area contributed by atoms with Gasteiger partial charge in [-0.05, 0) is 70.4 Å². The summed E-state index contributed by atoms with van der Waals surface area (Å²) in [6.45, 7) is 6.24. The molecule has 3 aliphatic rings. The number of thioether (sulfide) groups is 1. The maximum atomic E-state index is 13.2. The van der Waals surface area contributed by atoms with E-state index in [9.17, 15) is 18.4 Å². The van der Waals surface area contributed by atoms with Crippen LogP contribution in [-0.2, 0) is 6.54 Å². The van der Waals surface area contributed by atoms with E-state index in [1.165, 1.54) is 11.8 Å². The molecule has 218 valence electrons. The van der Waals surface area contributed by atoms with Gasteiger partial charge in [0.05, 0.1) is 5.02 Å². The number of ether oxygens (including phenoxy) is 2. The smallest absolute Gasteiger partial charge is 0.254 e. The van der Waals surface area contributed by atoms with Crippen LogP contribution in [0.1, 0.15) is 72.6 Å². The van der Waals surface area contributed by atoms with Gasteiger partial charge in [-0.1, -0.05) is 11.6 Å². The Balaban J connectivity index is 1.22. The van der Waals surface area contributed by atoms with Crippen molar-refractivity contribution in [1.82, 2.24) is 15.6 Å². The van der Waals surface area contributed by atoms with Gasteiger partial charge in [0, 0.05) is 65.5 Å². The van der Waals surface area contributed by atoms with E-state index in [4.69, 9.17) is 21.1 Å². The summed E-state index contributed by atoms with van der Waals surface area (Å²) in [5.41, 5.74) is 2.02. The van der Waals surface area contributed by atoms with Crippen molar-refractivity contribution >= 4 is 29.3 Å². The van der Waals surface area contributed by atoms with Crippen LogP contribution in [-0.4, -0.2) is 41.4 Å². The molecule has 2 aliphatic carbocycles. The van der Waals surface area contributed by atoms with Crippen LogP contribution >= 0.6 is 23.4 Å². The Hall–Kier alpha value is -2.30. The normalized spacial score (nSPS) is 25.5. The average molecular weight is 596 g/mol. The predicted octanol–water partition coefficient (Wildman–Crippen LogP) is 5.98. The molecule has 2 fully saturated rings. The van der Waals surface area contributed by atoms with Gasteiger partial charge in [-0.25, -0.2) is 8.78 Å². The lowest BCUT2D eigenvalue weighted by atomic mass is 9.79. The minimum absolute atomic E-state index is 0.0173. The zero-order chi connectivity index (χ0) is 28.8. The lowest BCUT2D eigenvalue weighted by Gasteiger charge is -2.39. The number of hydrogen-bond donors (Lipinski definition) is 3. The highest BCUT2D eigenvalue weighted by Gasteiger charge is 2.48. The van der Waals surface area contributed by atoms with Gasteiger partial charge in [-0.2, -0.15) is 0 Å². The van der Waals surface area contributed by atoms with Gasteiger partial charge >= 0.3 is 0 Å². The highest BCUT2D eigenvalue weighted by atomic mass is 35.5. The maximum Gasteiger partial charge on any atom is 0.254 e. The van der Waals surface area contributed by atoms with Gasteiger partial charge in [0.25, 0.3) is 17.3 Å². The van der Waals surface area contributed by atoms with E-state index in [-0.39, 0.29) is 42.7 Å². The van der Waals surface area contributed by atoms with Crippen molar-refractivity contribution in [1.29, 1.82) is 0 Å². The molecule has 2 saturated carbocycles. The lowest BCUT2D eigenvalue weighted by molar-refractivity contribution is -0.123. The summed E-state index contributed by atoms with van der Waals surface area (Å²) in [6.07, 6.45) is 5.38. The Kier molecular flexibility index (Phi) is 8.16. The quantitative estimate of drug-likeness (QED) is 0.325. The molecular weight excluding hydrogens is 560 g/mol. The Bertz CT molecular complexity index is 1350. The molecule has 1 amide bonds. The van der Waals surface area contributed by atoms with Crippen LogP contribution in [0.2, 0.25) is 5.02 Å². The number of pyridine rings is 1. The van der Waals surface area contributed by atoms with E-state index in [1.807, 2.05) is 26.2 Å². The van der Waals surface area contributed by atoms with Crippen molar-refractivity contribution in [2.45, 2.75) is 88.5 Å². The first-order valence-corrected chi connectivity index (χ1v) is 15.4. The number of H-pyrrole nitrogens is 1. The Morgan fingerprint density at radius 2 is 1.82 bits per heavy atom. The molecule has 1 aromatic carbocycles. The van der Waals surface area contributed by atoms with Crippen molar-refractivity contribution < 1.29 is 23.0 Å². The minimum Gasteiger partial charge on any atom is -0.448 e. The number of aromatic amines is 1. The Labute approximate surface area is 242 Å². The van der Waals surface area contributed by atoms with Gasteiger partial charge in [0.1, 0.15) is 0 Å². The largest absolute Gasteiger partial charge is 0.448 e. The average Bonchev–Trinajstić information content (AvgIpc) is 3.27. The molecule has 1 aliphatic heterocycles. The predicted molar refractivity (Wildman–Crippen MR) is 152 cm³/mol. The van der Waals surface area contributed by atoms with Crippen molar-refractivity contribution in [3.05, 3.63) is 49.9 Å². The number of hydrogen-bond acceptors (Lipinski definition) is 6. The van der Waals surface area contributed by atoms with Crippen LogP contribution in [0.25, 0.3) is 0 Å². The first-order valence-electron chi connectivity index (χ1n) is 13.8. The van der Waals surface area contributed by atoms with Crippen LogP contribution < -0.4 is 25.7 Å². The summed E-state index contributed by atoms with van der Waals surface area (Å²) >= 11 is 8.04. The van der Waals surface area contributed by atoms with Gasteiger partial charge in [-0.3, -0.25) is 9.59 Å². The number of halogens is 3. The van der Waals surface area contributed by atoms with Crippen molar-refractivity contribution in [2.24, 2.45) is 11.8 Å². The number of benzene rings is 1. The summed E-state index contributed by atoms with van der Waals surface area (Å²) in [7, 11) is 0. The molecule has 1 atom stereocenters. The van der Waals surface area contributed by atoms with Gasteiger partial charge < -0.3 is 25.1 Å². The second-order valence-electron chi connectivity index (χ2n) is 11.5. The Morgan fingerprint density at radius 3 is 2.48 bits per heavy atom. The number of carbonyl (C=O) groups excluding carboxylic acids is 1.